The first-order valence-electron chi connectivity index (χ1n) is 8.31. The van der Waals surface area contributed by atoms with Crippen LogP contribution in [0.5, 0.6) is 0 Å². The molecule has 3 rings (SSSR count). The van der Waals surface area contributed by atoms with Gasteiger partial charge < -0.3 is 14.5 Å². The third kappa shape index (κ3) is 3.99. The second-order valence-corrected chi connectivity index (χ2v) is 5.90. The van der Waals surface area contributed by atoms with Crippen LogP contribution in [0.4, 0.5) is 4.79 Å². The molecular weight excluding hydrogens is 322 g/mol. The highest BCUT2D eigenvalue weighted by Gasteiger charge is 2.32. The standard InChI is InChI=1S/C18H21N3O4/c1-24-18(23)21-10-6-5-9-15(21)16(22)19-11-14-12-25-17(20-14)13-7-3-2-4-8-13/h2-4,7-8,12,15H,5-6,9-11H2,1H3,(H,19,22)/t15-/m0/s1. The molecule has 7 nitrogen and oxygen atoms in total. The van der Waals surface area contributed by atoms with Gasteiger partial charge in [-0.1, -0.05) is 18.2 Å². The van der Waals surface area contributed by atoms with Crippen LogP contribution in [0.15, 0.2) is 41.0 Å². The molecular formula is C18H21N3O4. The van der Waals surface area contributed by atoms with Gasteiger partial charge in [0.1, 0.15) is 12.3 Å². The lowest BCUT2D eigenvalue weighted by molar-refractivity contribution is -0.127. The first-order chi connectivity index (χ1) is 12.2. The molecule has 1 aliphatic rings. The lowest BCUT2D eigenvalue weighted by Gasteiger charge is -2.33. The number of aromatic nitrogens is 1. The van der Waals surface area contributed by atoms with Gasteiger partial charge in [0.25, 0.3) is 0 Å². The third-order valence-corrected chi connectivity index (χ3v) is 4.23. The Hall–Kier alpha value is -2.83. The fraction of sp³-hybridized carbons (Fsp3) is 0.389. The van der Waals surface area contributed by atoms with Crippen molar-refractivity contribution in [3.8, 4) is 11.5 Å². The fourth-order valence-corrected chi connectivity index (χ4v) is 2.94. The van der Waals surface area contributed by atoms with Crippen molar-refractivity contribution in [2.75, 3.05) is 13.7 Å². The second kappa shape index (κ2) is 7.83. The monoisotopic (exact) mass is 343 g/mol. The molecule has 0 aliphatic carbocycles. The van der Waals surface area contributed by atoms with Crippen LogP contribution >= 0.6 is 0 Å². The Labute approximate surface area is 146 Å². The summed E-state index contributed by atoms with van der Waals surface area (Å²) in [6.45, 7) is 0.785. The summed E-state index contributed by atoms with van der Waals surface area (Å²) in [5, 5.41) is 2.83. The van der Waals surface area contributed by atoms with Crippen molar-refractivity contribution in [2.45, 2.75) is 31.8 Å². The number of ether oxygens (including phenoxy) is 1. The van der Waals surface area contributed by atoms with Gasteiger partial charge in [0.05, 0.1) is 19.3 Å². The summed E-state index contributed by atoms with van der Waals surface area (Å²) in [5.74, 6) is 0.313. The third-order valence-electron chi connectivity index (χ3n) is 4.23. The largest absolute Gasteiger partial charge is 0.453 e. The first kappa shape index (κ1) is 17.0. The van der Waals surface area contributed by atoms with Gasteiger partial charge >= 0.3 is 6.09 Å². The molecule has 0 bridgehead atoms. The van der Waals surface area contributed by atoms with Crippen molar-refractivity contribution in [3.05, 3.63) is 42.3 Å². The summed E-state index contributed by atoms with van der Waals surface area (Å²) >= 11 is 0. The number of rotatable bonds is 4. The minimum Gasteiger partial charge on any atom is -0.453 e. The normalized spacial score (nSPS) is 17.2. The Morgan fingerprint density at radius 3 is 2.88 bits per heavy atom. The van der Waals surface area contributed by atoms with Gasteiger partial charge in [0, 0.05) is 12.1 Å². The average Bonchev–Trinajstić information content (AvgIpc) is 3.15. The number of oxazole rings is 1. The molecule has 1 aromatic heterocycles. The van der Waals surface area contributed by atoms with E-state index in [1.807, 2.05) is 30.3 Å². The number of piperidine rings is 1. The molecule has 0 unspecified atom stereocenters. The summed E-state index contributed by atoms with van der Waals surface area (Å²) in [6, 6.07) is 9.05. The molecule has 132 valence electrons. The minimum absolute atomic E-state index is 0.200. The number of hydrogen-bond donors (Lipinski definition) is 1. The molecule has 25 heavy (non-hydrogen) atoms. The predicted octanol–water partition coefficient (Wildman–Crippen LogP) is 2.58. The summed E-state index contributed by atoms with van der Waals surface area (Å²) in [7, 11) is 1.33. The molecule has 1 aliphatic heterocycles. The van der Waals surface area contributed by atoms with E-state index in [2.05, 4.69) is 10.3 Å². The van der Waals surface area contributed by atoms with E-state index in [1.165, 1.54) is 18.3 Å². The van der Waals surface area contributed by atoms with E-state index in [0.717, 1.165) is 18.4 Å². The maximum Gasteiger partial charge on any atom is 0.410 e. The highest BCUT2D eigenvalue weighted by Crippen LogP contribution is 2.19. The molecule has 0 spiro atoms. The predicted molar refractivity (Wildman–Crippen MR) is 90.5 cm³/mol. The number of nitrogens with one attached hydrogen (secondary N) is 1. The average molecular weight is 343 g/mol. The lowest BCUT2D eigenvalue weighted by Crippen LogP contribution is -2.51. The molecule has 7 heteroatoms. The van der Waals surface area contributed by atoms with Gasteiger partial charge in [-0.25, -0.2) is 9.78 Å². The summed E-state index contributed by atoms with van der Waals surface area (Å²) in [4.78, 5) is 30.1. The van der Waals surface area contributed by atoms with Gasteiger partial charge in [0.2, 0.25) is 11.8 Å². The molecule has 1 atom stereocenters. The summed E-state index contributed by atoms with van der Waals surface area (Å²) < 4.78 is 10.2. The number of carbonyl (C=O) groups excluding carboxylic acids is 2. The fourth-order valence-electron chi connectivity index (χ4n) is 2.94. The molecule has 1 saturated heterocycles. The number of nitrogens with zero attached hydrogens (tertiary/aromatic N) is 2. The van der Waals surface area contributed by atoms with Crippen LogP contribution in [0.3, 0.4) is 0 Å². The van der Waals surface area contributed by atoms with Crippen LogP contribution in [-0.4, -0.2) is 41.6 Å². The lowest BCUT2D eigenvalue weighted by atomic mass is 10.0. The van der Waals surface area contributed by atoms with Crippen molar-refractivity contribution in [2.24, 2.45) is 0 Å². The van der Waals surface area contributed by atoms with Gasteiger partial charge in [-0.2, -0.15) is 0 Å². The highest BCUT2D eigenvalue weighted by molar-refractivity contribution is 5.85. The zero-order chi connectivity index (χ0) is 17.6. The van der Waals surface area contributed by atoms with Crippen LogP contribution in [0.25, 0.3) is 11.5 Å². The van der Waals surface area contributed by atoms with E-state index in [9.17, 15) is 9.59 Å². The van der Waals surface area contributed by atoms with E-state index >= 15 is 0 Å². The molecule has 0 saturated carbocycles. The maximum atomic E-state index is 12.5. The van der Waals surface area contributed by atoms with E-state index in [0.29, 0.717) is 24.6 Å². The smallest absolute Gasteiger partial charge is 0.410 e. The topological polar surface area (TPSA) is 84.7 Å². The quantitative estimate of drug-likeness (QED) is 0.922. The number of likely N-dealkylation sites (tertiary alicyclic amines) is 1. The Bertz CT molecular complexity index is 729. The molecule has 0 radical (unpaired) electrons. The molecule has 2 aromatic rings. The van der Waals surface area contributed by atoms with Crippen molar-refractivity contribution < 1.29 is 18.7 Å². The first-order valence-corrected chi connectivity index (χ1v) is 8.31. The highest BCUT2D eigenvalue weighted by atomic mass is 16.5. The Morgan fingerprint density at radius 1 is 1.32 bits per heavy atom. The molecule has 1 aromatic carbocycles. The molecule has 2 amide bonds. The second-order valence-electron chi connectivity index (χ2n) is 5.90. The van der Waals surface area contributed by atoms with Crippen LogP contribution in [0, 0.1) is 0 Å². The van der Waals surface area contributed by atoms with E-state index in [4.69, 9.17) is 9.15 Å². The van der Waals surface area contributed by atoms with E-state index < -0.39 is 12.1 Å². The SMILES string of the molecule is COC(=O)N1CCCC[C@H]1C(=O)NCc1coc(-c2ccccc2)n1. The number of benzene rings is 1. The number of hydrogen-bond acceptors (Lipinski definition) is 5. The molecule has 1 N–H and O–H groups in total. The summed E-state index contributed by atoms with van der Waals surface area (Å²) in [6.07, 6.45) is 3.49. The van der Waals surface area contributed by atoms with Crippen LogP contribution in [0.2, 0.25) is 0 Å². The van der Waals surface area contributed by atoms with Crippen molar-refractivity contribution in [1.82, 2.24) is 15.2 Å². The summed E-state index contributed by atoms with van der Waals surface area (Å²) in [5.41, 5.74) is 1.51. The van der Waals surface area contributed by atoms with Gasteiger partial charge in [0.15, 0.2) is 0 Å². The van der Waals surface area contributed by atoms with E-state index in [-0.39, 0.29) is 12.5 Å². The van der Waals surface area contributed by atoms with E-state index in [1.54, 1.807) is 0 Å². The molecule has 2 heterocycles. The number of carbonyl (C=O) groups is 2. The molecule has 1 fully saturated rings. The Balaban J connectivity index is 1.60. The van der Waals surface area contributed by atoms with Crippen molar-refractivity contribution in [3.63, 3.8) is 0 Å². The number of amides is 2. The van der Waals surface area contributed by atoms with Gasteiger partial charge in [-0.3, -0.25) is 9.69 Å². The minimum atomic E-state index is -0.498. The van der Waals surface area contributed by atoms with Crippen LogP contribution in [0.1, 0.15) is 25.0 Å². The maximum absolute atomic E-state index is 12.5. The Kier molecular flexibility index (Phi) is 5.33. The van der Waals surface area contributed by atoms with Gasteiger partial charge in [-0.15, -0.1) is 0 Å². The zero-order valence-electron chi connectivity index (χ0n) is 14.1. The van der Waals surface area contributed by atoms with Crippen molar-refractivity contribution in [1.29, 1.82) is 0 Å². The van der Waals surface area contributed by atoms with Crippen molar-refractivity contribution >= 4 is 12.0 Å². The van der Waals surface area contributed by atoms with Crippen LogP contribution in [-0.2, 0) is 16.1 Å². The van der Waals surface area contributed by atoms with Crippen LogP contribution < -0.4 is 5.32 Å². The van der Waals surface area contributed by atoms with Gasteiger partial charge in [-0.05, 0) is 31.4 Å². The zero-order valence-corrected chi connectivity index (χ0v) is 14.1. The number of methoxy groups -OCH3 is 1. The Morgan fingerprint density at radius 2 is 2.12 bits per heavy atom.